The molecule has 0 saturated carbocycles. The zero-order valence-electron chi connectivity index (χ0n) is 5.29. The average molecular weight is 148 g/mol. The summed E-state index contributed by atoms with van der Waals surface area (Å²) >= 11 is 1.62. The van der Waals surface area contributed by atoms with E-state index in [-0.39, 0.29) is 0 Å². The number of fused-ring (bicyclic) bond motifs is 1. The molecule has 0 atom stereocenters. The van der Waals surface area contributed by atoms with Crippen molar-refractivity contribution in [3.05, 3.63) is 35.9 Å². The molecule has 1 radical (unpaired) electrons. The Labute approximate surface area is 64.1 Å². The second-order valence-electron chi connectivity index (χ2n) is 2.00. The Morgan fingerprint density at radius 1 is 1.30 bits per heavy atom. The molecule has 2 heteroatoms. The van der Waals surface area contributed by atoms with Crippen LogP contribution in [0.1, 0.15) is 0 Å². The molecule has 49 valence electrons. The van der Waals surface area contributed by atoms with Crippen LogP contribution in [0, 0.1) is 5.41 Å². The molecule has 10 heavy (non-hydrogen) atoms. The number of rotatable bonds is 0. The first kappa shape index (κ1) is 5.86. The van der Waals surface area contributed by atoms with Gasteiger partial charge in [-0.1, -0.05) is 23.9 Å². The van der Waals surface area contributed by atoms with E-state index >= 15 is 0 Å². The van der Waals surface area contributed by atoms with E-state index in [9.17, 15) is 0 Å². The van der Waals surface area contributed by atoms with Gasteiger partial charge < -0.3 is 5.32 Å². The van der Waals surface area contributed by atoms with Crippen LogP contribution in [0.3, 0.4) is 0 Å². The predicted octanol–water partition coefficient (Wildman–Crippen LogP) is 2.48. The molecule has 1 N–H and O–H groups in total. The maximum absolute atomic E-state index is 3.11. The van der Waals surface area contributed by atoms with Gasteiger partial charge in [0.2, 0.25) is 0 Å². The minimum absolute atomic E-state index is 1.17. The zero-order valence-corrected chi connectivity index (χ0v) is 6.11. The Balaban J connectivity index is 2.47. The summed E-state index contributed by atoms with van der Waals surface area (Å²) in [5, 5.41) is 6.13. The van der Waals surface area contributed by atoms with Crippen LogP contribution in [0.4, 0.5) is 5.69 Å². The molecule has 0 aliphatic carbocycles. The summed E-state index contributed by atoms with van der Waals surface area (Å²) in [5.41, 5.74) is 1.17. The van der Waals surface area contributed by atoms with Crippen LogP contribution in [-0.4, -0.2) is 0 Å². The lowest BCUT2D eigenvalue weighted by molar-refractivity contribution is 1.41. The zero-order chi connectivity index (χ0) is 6.81. The molecule has 1 aromatic rings. The van der Waals surface area contributed by atoms with Crippen LogP contribution in [0.2, 0.25) is 0 Å². The molecule has 0 amide bonds. The summed E-state index contributed by atoms with van der Waals surface area (Å²) < 4.78 is 0. The van der Waals surface area contributed by atoms with E-state index in [4.69, 9.17) is 0 Å². The first-order chi connectivity index (χ1) is 4.97. The van der Waals surface area contributed by atoms with Crippen molar-refractivity contribution < 1.29 is 0 Å². The van der Waals surface area contributed by atoms with Crippen LogP contribution in [-0.2, 0) is 0 Å². The van der Waals surface area contributed by atoms with Crippen molar-refractivity contribution in [1.29, 1.82) is 0 Å². The highest BCUT2D eigenvalue weighted by molar-refractivity contribution is 8.01. The van der Waals surface area contributed by atoms with E-state index in [1.54, 1.807) is 11.8 Å². The minimum Gasteiger partial charge on any atom is -0.360 e. The Morgan fingerprint density at radius 2 is 2.20 bits per heavy atom. The molecule has 1 aromatic carbocycles. The maximum atomic E-state index is 3.11. The Bertz CT molecular complexity index is 241. The third kappa shape index (κ3) is 0.907. The normalized spacial score (nSPS) is 14.0. The van der Waals surface area contributed by atoms with Crippen LogP contribution in [0.15, 0.2) is 35.4 Å². The van der Waals surface area contributed by atoms with Crippen molar-refractivity contribution in [2.75, 3.05) is 5.32 Å². The molecular weight excluding hydrogens is 142 g/mol. The van der Waals surface area contributed by atoms with Gasteiger partial charge in [-0.25, -0.2) is 0 Å². The van der Waals surface area contributed by atoms with Gasteiger partial charge in [0.25, 0.3) is 0 Å². The summed E-state index contributed by atoms with van der Waals surface area (Å²) in [6, 6.07) is 8.18. The first-order valence-electron chi connectivity index (χ1n) is 3.06. The van der Waals surface area contributed by atoms with Crippen LogP contribution in [0.5, 0.6) is 0 Å². The average Bonchev–Trinajstić information content (AvgIpc) is 2.05. The number of nitrogens with one attached hydrogen (secondary N) is 1. The number of hydrogen-bond donors (Lipinski definition) is 1. The number of hydrogen-bond acceptors (Lipinski definition) is 2. The smallest absolute Gasteiger partial charge is 0.0521 e. The van der Waals surface area contributed by atoms with Crippen molar-refractivity contribution in [1.82, 2.24) is 0 Å². The van der Waals surface area contributed by atoms with Gasteiger partial charge in [0, 0.05) is 16.5 Å². The van der Waals surface area contributed by atoms with Crippen LogP contribution >= 0.6 is 11.8 Å². The summed E-state index contributed by atoms with van der Waals surface area (Å²) in [7, 11) is 0. The molecule has 0 unspecified atom stereocenters. The number of benzene rings is 1. The van der Waals surface area contributed by atoms with E-state index in [2.05, 4.69) is 22.9 Å². The van der Waals surface area contributed by atoms with E-state index in [1.165, 1.54) is 10.6 Å². The fourth-order valence-electron chi connectivity index (χ4n) is 0.875. The second-order valence-corrected chi connectivity index (χ2v) is 2.88. The van der Waals surface area contributed by atoms with Crippen molar-refractivity contribution >= 4 is 17.4 Å². The highest BCUT2D eigenvalue weighted by Gasteiger charge is 2.01. The monoisotopic (exact) mass is 148 g/mol. The van der Waals surface area contributed by atoms with E-state index in [1.807, 2.05) is 18.3 Å². The van der Waals surface area contributed by atoms with E-state index in [0.717, 1.165) is 0 Å². The molecular formula is C8H6NS. The fraction of sp³-hybridized carbons (Fsp3) is 0. The summed E-state index contributed by atoms with van der Waals surface area (Å²) in [6.45, 7) is 0. The van der Waals surface area contributed by atoms with Crippen molar-refractivity contribution in [3.8, 4) is 0 Å². The molecule has 1 nitrogen and oxygen atoms in total. The van der Waals surface area contributed by atoms with Gasteiger partial charge in [0.05, 0.1) is 5.69 Å². The SMILES string of the molecule is [C]1=CNc2ccccc2S1. The molecule has 1 heterocycles. The quantitative estimate of drug-likeness (QED) is 0.606. The lowest BCUT2D eigenvalue weighted by Gasteiger charge is -2.09. The highest BCUT2D eigenvalue weighted by Crippen LogP contribution is 2.29. The third-order valence-corrected chi connectivity index (χ3v) is 2.15. The fourth-order valence-corrected chi connectivity index (χ4v) is 1.50. The van der Waals surface area contributed by atoms with Crippen molar-refractivity contribution in [3.63, 3.8) is 0 Å². The molecule has 0 saturated heterocycles. The number of anilines is 1. The summed E-state index contributed by atoms with van der Waals surface area (Å²) in [6.07, 6.45) is 1.83. The second kappa shape index (κ2) is 2.39. The van der Waals surface area contributed by atoms with Gasteiger partial charge in [-0.15, -0.1) is 0 Å². The maximum Gasteiger partial charge on any atom is 0.0521 e. The Hall–Kier alpha value is -0.890. The first-order valence-corrected chi connectivity index (χ1v) is 3.88. The van der Waals surface area contributed by atoms with Crippen molar-refractivity contribution in [2.45, 2.75) is 4.90 Å². The molecule has 0 aromatic heterocycles. The molecule has 0 bridgehead atoms. The predicted molar refractivity (Wildman–Crippen MR) is 43.7 cm³/mol. The lowest BCUT2D eigenvalue weighted by atomic mass is 10.3. The Morgan fingerprint density at radius 3 is 3.10 bits per heavy atom. The minimum atomic E-state index is 1.17. The van der Waals surface area contributed by atoms with Gasteiger partial charge in [-0.05, 0) is 12.1 Å². The number of para-hydroxylation sites is 1. The molecule has 1 aliphatic rings. The van der Waals surface area contributed by atoms with Crippen molar-refractivity contribution in [2.24, 2.45) is 0 Å². The van der Waals surface area contributed by atoms with Crippen LogP contribution in [0.25, 0.3) is 0 Å². The van der Waals surface area contributed by atoms with E-state index in [0.29, 0.717) is 0 Å². The van der Waals surface area contributed by atoms with Crippen LogP contribution < -0.4 is 5.32 Å². The summed E-state index contributed by atoms with van der Waals surface area (Å²) in [5.74, 6) is 0. The molecule has 1 aliphatic heterocycles. The Kier molecular flexibility index (Phi) is 1.40. The van der Waals surface area contributed by atoms with Gasteiger partial charge in [0.15, 0.2) is 0 Å². The lowest BCUT2D eigenvalue weighted by Crippen LogP contribution is -1.92. The topological polar surface area (TPSA) is 12.0 Å². The van der Waals surface area contributed by atoms with Gasteiger partial charge >= 0.3 is 0 Å². The molecule has 2 rings (SSSR count). The highest BCUT2D eigenvalue weighted by atomic mass is 32.2. The largest absolute Gasteiger partial charge is 0.360 e. The summed E-state index contributed by atoms with van der Waals surface area (Å²) in [4.78, 5) is 1.24. The standard InChI is InChI=1S/C8H6NS/c1-2-4-8-7(3-1)9-5-6-10-8/h1-5,9H. The molecule has 0 spiro atoms. The molecule has 0 fully saturated rings. The van der Waals surface area contributed by atoms with E-state index < -0.39 is 0 Å². The van der Waals surface area contributed by atoms with Gasteiger partial charge in [-0.3, -0.25) is 0 Å². The van der Waals surface area contributed by atoms with Gasteiger partial charge in [-0.2, -0.15) is 0 Å². The number of thioether (sulfide) groups is 1. The van der Waals surface area contributed by atoms with Gasteiger partial charge in [0.1, 0.15) is 0 Å². The third-order valence-electron chi connectivity index (χ3n) is 1.34.